The lowest BCUT2D eigenvalue weighted by Gasteiger charge is -2.09. The van der Waals surface area contributed by atoms with Crippen molar-refractivity contribution >= 4 is 28.3 Å². The van der Waals surface area contributed by atoms with Gasteiger partial charge in [-0.15, -0.1) is 6.58 Å². The molecule has 0 saturated carbocycles. The summed E-state index contributed by atoms with van der Waals surface area (Å²) < 4.78 is 23.1. The third-order valence-corrected chi connectivity index (χ3v) is 5.73. The largest absolute Gasteiger partial charge is 0.454 e. The Morgan fingerprint density at radius 1 is 1.00 bits per heavy atom. The molecule has 174 valence electrons. The van der Waals surface area contributed by atoms with Crippen molar-refractivity contribution in [3.05, 3.63) is 119 Å². The predicted molar refractivity (Wildman–Crippen MR) is 137 cm³/mol. The molecule has 0 amide bonds. The number of rotatable bonds is 7. The predicted octanol–water partition coefficient (Wildman–Crippen LogP) is 6.36. The molecule has 0 radical (unpaired) electrons. The van der Waals surface area contributed by atoms with E-state index in [1.807, 2.05) is 24.3 Å². The second kappa shape index (κ2) is 9.48. The van der Waals surface area contributed by atoms with E-state index in [4.69, 9.17) is 16.3 Å². The van der Waals surface area contributed by atoms with Crippen LogP contribution in [0.25, 0.3) is 22.4 Å². The number of hydrogen-bond acceptors (Lipinski definition) is 4. The third-order valence-electron chi connectivity index (χ3n) is 5.44. The number of halogens is 2. The first-order valence-electron chi connectivity index (χ1n) is 10.8. The minimum absolute atomic E-state index is 0.0188. The van der Waals surface area contributed by atoms with Crippen LogP contribution in [0.2, 0.25) is 5.02 Å². The van der Waals surface area contributed by atoms with E-state index in [2.05, 4.69) is 16.9 Å². The number of nitrogens with zero attached hydrogens (tertiary/aromatic N) is 3. The van der Waals surface area contributed by atoms with Gasteiger partial charge in [0.25, 0.3) is 0 Å². The average Bonchev–Trinajstić information content (AvgIpc) is 3.18. The average molecular weight is 487 g/mol. The molecule has 2 heterocycles. The summed E-state index contributed by atoms with van der Waals surface area (Å²) in [5, 5.41) is 3.22. The van der Waals surface area contributed by atoms with Gasteiger partial charge in [0, 0.05) is 18.4 Å². The molecule has 0 aliphatic carbocycles. The van der Waals surface area contributed by atoms with E-state index in [9.17, 15) is 9.18 Å². The van der Waals surface area contributed by atoms with Crippen molar-refractivity contribution in [3.8, 4) is 22.9 Å². The van der Waals surface area contributed by atoms with Crippen molar-refractivity contribution < 1.29 is 9.13 Å². The van der Waals surface area contributed by atoms with E-state index < -0.39 is 5.82 Å². The van der Waals surface area contributed by atoms with Crippen LogP contribution in [-0.4, -0.2) is 20.7 Å². The van der Waals surface area contributed by atoms with Gasteiger partial charge in [0.2, 0.25) is 0 Å². The van der Waals surface area contributed by atoms with Crippen LogP contribution in [0.5, 0.6) is 11.5 Å². The molecule has 0 fully saturated rings. The van der Waals surface area contributed by atoms with Gasteiger partial charge in [0.15, 0.2) is 11.6 Å². The smallest absolute Gasteiger partial charge is 0.338 e. The zero-order chi connectivity index (χ0) is 24.4. The molecular formula is C27H20ClFN4O2. The summed E-state index contributed by atoms with van der Waals surface area (Å²) in [6, 6.07) is 20.8. The van der Waals surface area contributed by atoms with Crippen molar-refractivity contribution in [1.29, 1.82) is 0 Å². The number of imidazole rings is 1. The maximum atomic E-state index is 14.2. The monoisotopic (exact) mass is 486 g/mol. The Kier molecular flexibility index (Phi) is 6.08. The van der Waals surface area contributed by atoms with Gasteiger partial charge < -0.3 is 10.1 Å². The number of benzene rings is 3. The molecule has 5 aromatic rings. The fourth-order valence-corrected chi connectivity index (χ4v) is 4.01. The quantitative estimate of drug-likeness (QED) is 0.272. The number of pyridine rings is 1. The molecule has 2 aromatic heterocycles. The summed E-state index contributed by atoms with van der Waals surface area (Å²) in [4.78, 5) is 17.9. The van der Waals surface area contributed by atoms with Crippen molar-refractivity contribution in [2.75, 3.05) is 11.9 Å². The van der Waals surface area contributed by atoms with Crippen molar-refractivity contribution in [1.82, 2.24) is 14.1 Å². The fourth-order valence-electron chi connectivity index (χ4n) is 3.84. The van der Waals surface area contributed by atoms with E-state index >= 15 is 0 Å². The summed E-state index contributed by atoms with van der Waals surface area (Å²) in [7, 11) is 0. The number of hydrogen-bond donors (Lipinski definition) is 1. The van der Waals surface area contributed by atoms with E-state index in [0.717, 1.165) is 11.4 Å². The minimum atomic E-state index is -0.631. The molecule has 35 heavy (non-hydrogen) atoms. The first-order valence-corrected chi connectivity index (χ1v) is 11.2. The van der Waals surface area contributed by atoms with Gasteiger partial charge in [-0.3, -0.25) is 14.1 Å². The van der Waals surface area contributed by atoms with E-state index in [1.165, 1.54) is 12.1 Å². The molecule has 6 nitrogen and oxygen atoms in total. The Bertz CT molecular complexity index is 1590. The summed E-state index contributed by atoms with van der Waals surface area (Å²) >= 11 is 5.84. The highest BCUT2D eigenvalue weighted by atomic mass is 35.5. The van der Waals surface area contributed by atoms with Crippen molar-refractivity contribution in [2.24, 2.45) is 0 Å². The molecule has 3 aromatic carbocycles. The van der Waals surface area contributed by atoms with Crippen molar-refractivity contribution in [3.63, 3.8) is 0 Å². The van der Waals surface area contributed by atoms with Gasteiger partial charge >= 0.3 is 5.69 Å². The first-order chi connectivity index (χ1) is 17.1. The molecular weight excluding hydrogens is 467 g/mol. The number of anilines is 1. The molecule has 0 unspecified atom stereocenters. The summed E-state index contributed by atoms with van der Waals surface area (Å²) in [6.07, 6.45) is 5.07. The molecule has 8 heteroatoms. The van der Waals surface area contributed by atoms with Crippen LogP contribution in [0, 0.1) is 5.82 Å². The number of nitrogens with one attached hydrogen (secondary N) is 1. The number of ether oxygens (including phenoxy) is 1. The SMILES string of the molecule is C=CCNc1cccc(-n2c(=O)n(-c3ccc(Oc4cccc(Cl)c4F)cc3)c3cnccc32)c1. The van der Waals surface area contributed by atoms with E-state index in [1.54, 1.807) is 64.0 Å². The molecule has 0 atom stereocenters. The van der Waals surface area contributed by atoms with Gasteiger partial charge in [0.1, 0.15) is 5.75 Å². The Labute approximate surface area is 205 Å². The van der Waals surface area contributed by atoms with Gasteiger partial charge in [-0.25, -0.2) is 9.18 Å². The van der Waals surface area contributed by atoms with Crippen LogP contribution in [-0.2, 0) is 0 Å². The highest BCUT2D eigenvalue weighted by Crippen LogP contribution is 2.29. The summed E-state index contributed by atoms with van der Waals surface area (Å²) in [6.45, 7) is 4.33. The van der Waals surface area contributed by atoms with Crippen LogP contribution >= 0.6 is 11.6 Å². The molecule has 0 spiro atoms. The van der Waals surface area contributed by atoms with E-state index in [-0.39, 0.29) is 16.5 Å². The lowest BCUT2D eigenvalue weighted by atomic mass is 10.2. The Morgan fingerprint density at radius 3 is 2.57 bits per heavy atom. The standard InChI is InChI=1S/C27H20ClFN4O2/c1-2-14-31-18-5-3-6-20(16-18)33-23-13-15-30-17-24(23)32(27(33)34)19-9-11-21(12-10-19)35-25-8-4-7-22(28)26(25)29/h2-13,15-17,31H,1,14H2. The maximum absolute atomic E-state index is 14.2. The molecule has 1 N–H and O–H groups in total. The third kappa shape index (κ3) is 4.29. The maximum Gasteiger partial charge on any atom is 0.338 e. The fraction of sp³-hybridized carbons (Fsp3) is 0.0370. The lowest BCUT2D eigenvalue weighted by molar-refractivity contribution is 0.442. The molecule has 0 bridgehead atoms. The zero-order valence-electron chi connectivity index (χ0n) is 18.5. The van der Waals surface area contributed by atoms with Gasteiger partial charge in [0.05, 0.1) is 33.6 Å². The summed E-state index contributed by atoms with van der Waals surface area (Å²) in [5.41, 5.74) is 3.33. The summed E-state index contributed by atoms with van der Waals surface area (Å²) in [5.74, 6) is -0.201. The molecule has 0 aliphatic rings. The van der Waals surface area contributed by atoms with Crippen LogP contribution in [0.4, 0.5) is 10.1 Å². The van der Waals surface area contributed by atoms with Crippen LogP contribution < -0.4 is 15.7 Å². The molecule has 0 saturated heterocycles. The second-order valence-corrected chi connectivity index (χ2v) is 8.09. The topological polar surface area (TPSA) is 61.1 Å². The lowest BCUT2D eigenvalue weighted by Crippen LogP contribution is -2.22. The van der Waals surface area contributed by atoms with Crippen LogP contribution in [0.1, 0.15) is 0 Å². The Morgan fingerprint density at radius 2 is 1.77 bits per heavy atom. The van der Waals surface area contributed by atoms with Gasteiger partial charge in [-0.05, 0) is 60.7 Å². The number of fused-ring (bicyclic) bond motifs is 1. The van der Waals surface area contributed by atoms with Crippen LogP contribution in [0.3, 0.4) is 0 Å². The highest BCUT2D eigenvalue weighted by molar-refractivity contribution is 6.30. The second-order valence-electron chi connectivity index (χ2n) is 7.69. The Balaban J connectivity index is 1.56. The molecule has 0 aliphatic heterocycles. The van der Waals surface area contributed by atoms with Gasteiger partial charge in [-0.2, -0.15) is 0 Å². The zero-order valence-corrected chi connectivity index (χ0v) is 19.2. The normalized spacial score (nSPS) is 10.9. The van der Waals surface area contributed by atoms with Crippen molar-refractivity contribution in [2.45, 2.75) is 0 Å². The minimum Gasteiger partial charge on any atom is -0.454 e. The first kappa shape index (κ1) is 22.4. The highest BCUT2D eigenvalue weighted by Gasteiger charge is 2.17. The number of aromatic nitrogens is 3. The molecule has 5 rings (SSSR count). The van der Waals surface area contributed by atoms with Gasteiger partial charge in [-0.1, -0.05) is 29.8 Å². The van der Waals surface area contributed by atoms with E-state index in [0.29, 0.717) is 29.0 Å². The Hall–Kier alpha value is -4.36. The van der Waals surface area contributed by atoms with Crippen LogP contribution in [0.15, 0.2) is 103 Å².